The van der Waals surface area contributed by atoms with Crippen LogP contribution in [-0.4, -0.2) is 49.3 Å². The van der Waals surface area contributed by atoms with Crippen molar-refractivity contribution in [2.45, 2.75) is 25.4 Å². The predicted molar refractivity (Wildman–Crippen MR) is 112 cm³/mol. The van der Waals surface area contributed by atoms with Gasteiger partial charge in [0, 0.05) is 12.1 Å². The molecule has 0 fully saturated rings. The molecular formula is C20H21ClN6O3. The van der Waals surface area contributed by atoms with Crippen molar-refractivity contribution in [2.75, 3.05) is 5.32 Å². The van der Waals surface area contributed by atoms with Gasteiger partial charge in [0.25, 0.3) is 0 Å². The number of carboxylic acid groups (broad SMARTS) is 1. The molecule has 30 heavy (non-hydrogen) atoms. The number of hydrogen-bond acceptors (Lipinski definition) is 6. The highest BCUT2D eigenvalue weighted by molar-refractivity contribution is 6.30. The van der Waals surface area contributed by atoms with Crippen LogP contribution in [0.1, 0.15) is 12.5 Å². The summed E-state index contributed by atoms with van der Waals surface area (Å²) in [5, 5.41) is 26.2. The van der Waals surface area contributed by atoms with Crippen LogP contribution in [0.4, 0.5) is 5.95 Å². The first kappa shape index (κ1) is 21.4. The van der Waals surface area contributed by atoms with Crippen LogP contribution in [0.2, 0.25) is 5.02 Å². The lowest BCUT2D eigenvalue weighted by Gasteiger charge is -2.20. The van der Waals surface area contributed by atoms with Crippen molar-refractivity contribution in [1.82, 2.24) is 25.5 Å². The molecule has 156 valence electrons. The zero-order valence-electron chi connectivity index (χ0n) is 16.4. The topological polar surface area (TPSA) is 122 Å². The van der Waals surface area contributed by atoms with Crippen molar-refractivity contribution < 1.29 is 14.7 Å². The third-order valence-corrected chi connectivity index (χ3v) is 4.78. The normalized spacial score (nSPS) is 12.9. The Labute approximate surface area is 178 Å². The van der Waals surface area contributed by atoms with E-state index in [1.807, 2.05) is 48.5 Å². The summed E-state index contributed by atoms with van der Waals surface area (Å²) in [6.07, 6.45) is 0.282. The molecule has 3 N–H and O–H groups in total. The number of amides is 1. The van der Waals surface area contributed by atoms with Crippen LogP contribution in [0.5, 0.6) is 0 Å². The second-order valence-electron chi connectivity index (χ2n) is 6.81. The van der Waals surface area contributed by atoms with Crippen LogP contribution in [0, 0.1) is 0 Å². The summed E-state index contributed by atoms with van der Waals surface area (Å²) in [5.41, 5.74) is 2.83. The van der Waals surface area contributed by atoms with E-state index in [9.17, 15) is 14.7 Å². The molecule has 0 spiro atoms. The molecule has 3 aromatic rings. The molecule has 0 bridgehead atoms. The molecule has 0 aliphatic carbocycles. The zero-order valence-corrected chi connectivity index (χ0v) is 17.2. The molecule has 1 amide bonds. The van der Waals surface area contributed by atoms with Gasteiger partial charge in [-0.3, -0.25) is 20.2 Å². The third-order valence-electron chi connectivity index (χ3n) is 4.54. The van der Waals surface area contributed by atoms with E-state index < -0.39 is 24.0 Å². The first-order valence-corrected chi connectivity index (χ1v) is 9.58. The molecule has 0 radical (unpaired) electrons. The Morgan fingerprint density at radius 2 is 1.90 bits per heavy atom. The van der Waals surface area contributed by atoms with Crippen LogP contribution >= 0.6 is 11.6 Å². The van der Waals surface area contributed by atoms with E-state index in [0.29, 0.717) is 5.02 Å². The minimum atomic E-state index is -1.05. The van der Waals surface area contributed by atoms with Gasteiger partial charge >= 0.3 is 5.97 Å². The maximum atomic E-state index is 12.8. The summed E-state index contributed by atoms with van der Waals surface area (Å²) in [7, 11) is 1.59. The molecule has 0 aliphatic heterocycles. The van der Waals surface area contributed by atoms with E-state index in [2.05, 4.69) is 26.2 Å². The van der Waals surface area contributed by atoms with Gasteiger partial charge in [-0.25, -0.2) is 4.68 Å². The van der Waals surface area contributed by atoms with Crippen molar-refractivity contribution >= 4 is 29.4 Å². The lowest BCUT2D eigenvalue weighted by molar-refractivity contribution is -0.139. The van der Waals surface area contributed by atoms with E-state index in [1.54, 1.807) is 7.05 Å². The highest BCUT2D eigenvalue weighted by Gasteiger charge is 2.25. The zero-order chi connectivity index (χ0) is 21.7. The Balaban J connectivity index is 1.77. The number of tetrazole rings is 1. The van der Waals surface area contributed by atoms with Gasteiger partial charge in [-0.05, 0) is 52.6 Å². The number of halogens is 1. The van der Waals surface area contributed by atoms with E-state index in [4.69, 9.17) is 11.6 Å². The Hall–Kier alpha value is -3.30. The van der Waals surface area contributed by atoms with Crippen LogP contribution < -0.4 is 10.6 Å². The minimum absolute atomic E-state index is 0.172. The Morgan fingerprint density at radius 1 is 1.17 bits per heavy atom. The standard InChI is InChI=1S/C20H21ClN6O3/c1-12(19(29)30)22-17(18(28)23-20-24-25-26-27(20)2)10-13-6-8-14(9-7-13)15-4-3-5-16(21)11-15/h3-9,11-12,17,22H,10H2,1-2H3,(H,29,30)(H,23,24,26,28)/t12-,17-/m0/s1. The van der Waals surface area contributed by atoms with E-state index in [0.717, 1.165) is 16.7 Å². The number of nitrogens with one attached hydrogen (secondary N) is 2. The minimum Gasteiger partial charge on any atom is -0.480 e. The first-order chi connectivity index (χ1) is 14.3. The molecule has 10 heteroatoms. The number of aliphatic carboxylic acids is 1. The maximum Gasteiger partial charge on any atom is 0.320 e. The van der Waals surface area contributed by atoms with Crippen molar-refractivity contribution in [3.05, 3.63) is 59.1 Å². The van der Waals surface area contributed by atoms with Crippen LogP contribution in [0.15, 0.2) is 48.5 Å². The molecule has 1 heterocycles. The molecule has 2 aromatic carbocycles. The maximum absolute atomic E-state index is 12.8. The van der Waals surface area contributed by atoms with Crippen molar-refractivity contribution in [1.29, 1.82) is 0 Å². The molecule has 2 atom stereocenters. The lowest BCUT2D eigenvalue weighted by Crippen LogP contribution is -2.49. The monoisotopic (exact) mass is 428 g/mol. The molecule has 1 aromatic heterocycles. The van der Waals surface area contributed by atoms with Gasteiger partial charge < -0.3 is 5.11 Å². The number of carbonyl (C=O) groups is 2. The second-order valence-corrected chi connectivity index (χ2v) is 7.24. The van der Waals surface area contributed by atoms with Crippen molar-refractivity contribution in [3.63, 3.8) is 0 Å². The fraction of sp³-hybridized carbons (Fsp3) is 0.250. The van der Waals surface area contributed by atoms with E-state index >= 15 is 0 Å². The fourth-order valence-electron chi connectivity index (χ4n) is 2.87. The highest BCUT2D eigenvalue weighted by Crippen LogP contribution is 2.23. The van der Waals surface area contributed by atoms with Gasteiger partial charge in [0.15, 0.2) is 0 Å². The Morgan fingerprint density at radius 3 is 2.50 bits per heavy atom. The van der Waals surface area contributed by atoms with Gasteiger partial charge in [0.2, 0.25) is 11.9 Å². The number of hydrogen-bond donors (Lipinski definition) is 3. The van der Waals surface area contributed by atoms with Crippen LogP contribution in [0.25, 0.3) is 11.1 Å². The van der Waals surface area contributed by atoms with Crippen LogP contribution in [-0.2, 0) is 23.1 Å². The molecule has 9 nitrogen and oxygen atoms in total. The number of carbonyl (C=O) groups excluding carboxylic acids is 1. The number of aromatic nitrogens is 4. The quantitative estimate of drug-likeness (QED) is 0.502. The van der Waals surface area contributed by atoms with Gasteiger partial charge in [0.05, 0.1) is 6.04 Å². The van der Waals surface area contributed by atoms with Crippen molar-refractivity contribution in [2.24, 2.45) is 7.05 Å². The molecule has 0 saturated carbocycles. The van der Waals surface area contributed by atoms with Gasteiger partial charge in [-0.2, -0.15) is 0 Å². The number of anilines is 1. The largest absolute Gasteiger partial charge is 0.480 e. The van der Waals surface area contributed by atoms with Crippen LogP contribution in [0.3, 0.4) is 0 Å². The SMILES string of the molecule is C[C@H](N[C@@H](Cc1ccc(-c2cccc(Cl)c2)cc1)C(=O)Nc1nnnn1C)C(=O)O. The summed E-state index contributed by atoms with van der Waals surface area (Å²) in [6, 6.07) is 13.5. The smallest absolute Gasteiger partial charge is 0.320 e. The Kier molecular flexibility index (Phi) is 6.76. The number of benzene rings is 2. The fourth-order valence-corrected chi connectivity index (χ4v) is 3.06. The third kappa shape index (κ3) is 5.40. The van der Waals surface area contributed by atoms with Crippen molar-refractivity contribution in [3.8, 4) is 11.1 Å². The second kappa shape index (κ2) is 9.47. The molecule has 0 saturated heterocycles. The summed E-state index contributed by atoms with van der Waals surface area (Å²) in [5.74, 6) is -1.31. The molecule has 3 rings (SSSR count). The summed E-state index contributed by atoms with van der Waals surface area (Å²) < 4.78 is 1.31. The summed E-state index contributed by atoms with van der Waals surface area (Å²) in [4.78, 5) is 24.0. The average molecular weight is 429 g/mol. The lowest BCUT2D eigenvalue weighted by atomic mass is 10.00. The van der Waals surface area contributed by atoms with E-state index in [1.165, 1.54) is 11.6 Å². The van der Waals surface area contributed by atoms with Gasteiger partial charge in [-0.15, -0.1) is 0 Å². The molecular weight excluding hydrogens is 408 g/mol. The van der Waals surface area contributed by atoms with Gasteiger partial charge in [-0.1, -0.05) is 53.1 Å². The molecule has 0 aliphatic rings. The first-order valence-electron chi connectivity index (χ1n) is 9.20. The molecule has 0 unspecified atom stereocenters. The predicted octanol–water partition coefficient (Wildman–Crippen LogP) is 2.14. The number of nitrogens with zero attached hydrogens (tertiary/aromatic N) is 4. The average Bonchev–Trinajstić information content (AvgIpc) is 3.12. The van der Waals surface area contributed by atoms with E-state index in [-0.39, 0.29) is 12.4 Å². The Bertz CT molecular complexity index is 1040. The summed E-state index contributed by atoms with van der Waals surface area (Å²) >= 11 is 6.06. The number of aryl methyl sites for hydroxylation is 1. The number of carboxylic acids is 1. The number of rotatable bonds is 8. The highest BCUT2D eigenvalue weighted by atomic mass is 35.5. The van der Waals surface area contributed by atoms with Gasteiger partial charge in [0.1, 0.15) is 6.04 Å². The summed E-state index contributed by atoms with van der Waals surface area (Å²) in [6.45, 7) is 1.48.